The topological polar surface area (TPSA) is 104 Å². The van der Waals surface area contributed by atoms with E-state index in [0.29, 0.717) is 21.6 Å². The van der Waals surface area contributed by atoms with Crippen molar-refractivity contribution in [2.24, 2.45) is 0 Å². The van der Waals surface area contributed by atoms with E-state index in [0.717, 1.165) is 29.7 Å². The summed E-state index contributed by atoms with van der Waals surface area (Å²) < 4.78 is 0. The van der Waals surface area contributed by atoms with E-state index in [1.54, 1.807) is 12.4 Å². The van der Waals surface area contributed by atoms with Gasteiger partial charge in [-0.15, -0.1) is 10.2 Å². The molecule has 0 saturated heterocycles. The summed E-state index contributed by atoms with van der Waals surface area (Å²) in [6, 6.07) is 5.95. The maximum atomic E-state index is 9.52. The number of nitriles is 1. The first-order valence-corrected chi connectivity index (χ1v) is 8.37. The molecule has 8 heteroatoms. The fraction of sp³-hybridized carbons (Fsp3) is 0.250. The molecule has 0 aromatic carbocycles. The molecule has 0 amide bonds. The minimum absolute atomic E-state index is 0.499. The molecule has 0 fully saturated rings. The predicted octanol–water partition coefficient (Wildman–Crippen LogP) is 2.80. The monoisotopic (exact) mass is 337 g/mol. The molecule has 0 radical (unpaired) electrons. The number of pyridine rings is 1. The second-order valence-electron chi connectivity index (χ2n) is 4.93. The predicted molar refractivity (Wildman–Crippen MR) is 89.2 cm³/mol. The minimum atomic E-state index is 0.499. The fourth-order valence-corrected chi connectivity index (χ4v) is 3.11. The van der Waals surface area contributed by atoms with Crippen LogP contribution in [0.2, 0.25) is 0 Å². The molecule has 3 aromatic heterocycles. The number of aryl methyl sites for hydroxylation is 1. The molecule has 0 unspecified atom stereocenters. The van der Waals surface area contributed by atoms with Crippen molar-refractivity contribution in [2.75, 3.05) is 0 Å². The zero-order valence-electron chi connectivity index (χ0n) is 13.3. The third kappa shape index (κ3) is 3.12. The quantitative estimate of drug-likeness (QED) is 0.763. The Hall–Kier alpha value is -2.79. The zero-order chi connectivity index (χ0) is 16.9. The van der Waals surface area contributed by atoms with Crippen LogP contribution in [-0.4, -0.2) is 30.4 Å². The first kappa shape index (κ1) is 16.1. The number of aromatic nitrogens is 6. The highest BCUT2D eigenvalue weighted by atomic mass is 32.2. The van der Waals surface area contributed by atoms with Crippen LogP contribution in [0.1, 0.15) is 30.7 Å². The van der Waals surface area contributed by atoms with Gasteiger partial charge in [0, 0.05) is 18.0 Å². The van der Waals surface area contributed by atoms with Crippen molar-refractivity contribution in [1.82, 2.24) is 30.4 Å². The lowest BCUT2D eigenvalue weighted by molar-refractivity contribution is 0.815. The van der Waals surface area contributed by atoms with Gasteiger partial charge in [-0.25, -0.2) is 4.98 Å². The molecule has 0 aliphatic carbocycles. The highest BCUT2D eigenvalue weighted by Crippen LogP contribution is 2.29. The standard InChI is InChI=1S/C16H15N7S/c1-3-11-12(9-17)15(22-20-13(11)4-2)24-16-19-14(21-23-16)10-5-7-18-8-6-10/h5-8H,3-4H2,1-2H3,(H,19,21,23). The Labute approximate surface area is 143 Å². The molecule has 0 aliphatic heterocycles. The van der Waals surface area contributed by atoms with Crippen molar-refractivity contribution < 1.29 is 0 Å². The summed E-state index contributed by atoms with van der Waals surface area (Å²) in [6.07, 6.45) is 4.88. The molecule has 24 heavy (non-hydrogen) atoms. The molecule has 0 spiro atoms. The van der Waals surface area contributed by atoms with Crippen LogP contribution in [0.4, 0.5) is 0 Å². The molecule has 3 heterocycles. The zero-order valence-corrected chi connectivity index (χ0v) is 14.1. The molecule has 0 atom stereocenters. The Morgan fingerprint density at radius 3 is 2.62 bits per heavy atom. The summed E-state index contributed by atoms with van der Waals surface area (Å²) in [5.74, 6) is 0.646. The molecular formula is C16H15N7S. The number of H-pyrrole nitrogens is 1. The number of hydrogen-bond acceptors (Lipinski definition) is 7. The van der Waals surface area contributed by atoms with Gasteiger partial charge < -0.3 is 0 Å². The second-order valence-corrected chi connectivity index (χ2v) is 5.88. The number of hydrogen-bond donors (Lipinski definition) is 1. The lowest BCUT2D eigenvalue weighted by Crippen LogP contribution is -2.04. The normalized spacial score (nSPS) is 10.5. The molecule has 3 rings (SSSR count). The van der Waals surface area contributed by atoms with Gasteiger partial charge in [-0.1, -0.05) is 13.8 Å². The van der Waals surface area contributed by atoms with E-state index in [-0.39, 0.29) is 0 Å². The van der Waals surface area contributed by atoms with Gasteiger partial charge >= 0.3 is 0 Å². The summed E-state index contributed by atoms with van der Waals surface area (Å²) in [4.78, 5) is 8.42. The van der Waals surface area contributed by atoms with Gasteiger partial charge in [0.2, 0.25) is 5.16 Å². The lowest BCUT2D eigenvalue weighted by atomic mass is 10.1. The van der Waals surface area contributed by atoms with Crippen molar-refractivity contribution >= 4 is 11.8 Å². The Bertz CT molecular complexity index is 883. The van der Waals surface area contributed by atoms with Crippen LogP contribution in [0, 0.1) is 11.3 Å². The van der Waals surface area contributed by atoms with Gasteiger partial charge in [0.1, 0.15) is 11.1 Å². The van der Waals surface area contributed by atoms with E-state index in [1.165, 1.54) is 11.8 Å². The van der Waals surface area contributed by atoms with E-state index >= 15 is 0 Å². The summed E-state index contributed by atoms with van der Waals surface area (Å²) in [7, 11) is 0. The largest absolute Gasteiger partial charge is 0.265 e. The van der Waals surface area contributed by atoms with Crippen LogP contribution in [-0.2, 0) is 12.8 Å². The first-order valence-electron chi connectivity index (χ1n) is 7.56. The summed E-state index contributed by atoms with van der Waals surface area (Å²) in [6.45, 7) is 4.02. The Morgan fingerprint density at radius 1 is 1.17 bits per heavy atom. The Morgan fingerprint density at radius 2 is 1.96 bits per heavy atom. The van der Waals surface area contributed by atoms with Crippen molar-refractivity contribution in [3.63, 3.8) is 0 Å². The molecular weight excluding hydrogens is 322 g/mol. The molecule has 0 aliphatic rings. The number of nitrogens with one attached hydrogen (secondary N) is 1. The van der Waals surface area contributed by atoms with Crippen molar-refractivity contribution in [3.8, 4) is 17.5 Å². The van der Waals surface area contributed by atoms with Crippen LogP contribution in [0.3, 0.4) is 0 Å². The van der Waals surface area contributed by atoms with Gasteiger partial charge in [0.15, 0.2) is 5.82 Å². The first-order chi connectivity index (χ1) is 11.8. The Kier molecular flexibility index (Phi) is 4.82. The van der Waals surface area contributed by atoms with E-state index in [2.05, 4.69) is 36.4 Å². The van der Waals surface area contributed by atoms with E-state index in [4.69, 9.17) is 0 Å². The smallest absolute Gasteiger partial charge is 0.215 e. The molecule has 120 valence electrons. The van der Waals surface area contributed by atoms with Gasteiger partial charge in [0.05, 0.1) is 11.3 Å². The highest BCUT2D eigenvalue weighted by molar-refractivity contribution is 7.99. The van der Waals surface area contributed by atoms with E-state index in [9.17, 15) is 5.26 Å². The third-order valence-corrected chi connectivity index (χ3v) is 4.38. The number of rotatable bonds is 5. The summed E-state index contributed by atoms with van der Waals surface area (Å²) >= 11 is 1.24. The second kappa shape index (κ2) is 7.19. The van der Waals surface area contributed by atoms with Gasteiger partial charge in [-0.3, -0.25) is 10.1 Å². The maximum absolute atomic E-state index is 9.52. The van der Waals surface area contributed by atoms with Crippen molar-refractivity contribution in [2.45, 2.75) is 36.9 Å². The number of nitrogens with zero attached hydrogens (tertiary/aromatic N) is 6. The highest BCUT2D eigenvalue weighted by Gasteiger charge is 2.17. The van der Waals surface area contributed by atoms with E-state index in [1.807, 2.05) is 26.0 Å². The average molecular weight is 337 g/mol. The summed E-state index contributed by atoms with van der Waals surface area (Å²) in [5, 5.41) is 26.1. The minimum Gasteiger partial charge on any atom is -0.265 e. The average Bonchev–Trinajstić information content (AvgIpc) is 3.10. The van der Waals surface area contributed by atoms with Crippen molar-refractivity contribution in [3.05, 3.63) is 41.3 Å². The molecule has 0 saturated carbocycles. The van der Waals surface area contributed by atoms with Gasteiger partial charge in [-0.05, 0) is 42.3 Å². The summed E-state index contributed by atoms with van der Waals surface area (Å²) in [5.41, 5.74) is 3.27. The molecule has 3 aromatic rings. The van der Waals surface area contributed by atoms with Crippen LogP contribution < -0.4 is 0 Å². The van der Waals surface area contributed by atoms with Crippen LogP contribution in [0.5, 0.6) is 0 Å². The molecule has 7 nitrogen and oxygen atoms in total. The van der Waals surface area contributed by atoms with Crippen molar-refractivity contribution in [1.29, 1.82) is 5.26 Å². The molecule has 1 N–H and O–H groups in total. The molecule has 0 bridgehead atoms. The lowest BCUT2D eigenvalue weighted by Gasteiger charge is -2.08. The third-order valence-electron chi connectivity index (χ3n) is 3.53. The van der Waals surface area contributed by atoms with Crippen LogP contribution in [0.15, 0.2) is 34.7 Å². The van der Waals surface area contributed by atoms with Crippen LogP contribution in [0.25, 0.3) is 11.4 Å². The fourth-order valence-electron chi connectivity index (χ4n) is 2.36. The SMILES string of the molecule is CCc1nnc(Sc2n[nH]c(-c3ccncc3)n2)c(C#N)c1CC. The van der Waals surface area contributed by atoms with E-state index < -0.39 is 0 Å². The van der Waals surface area contributed by atoms with Gasteiger partial charge in [-0.2, -0.15) is 10.4 Å². The van der Waals surface area contributed by atoms with Crippen LogP contribution >= 0.6 is 11.8 Å². The number of aromatic amines is 1. The maximum Gasteiger partial charge on any atom is 0.215 e. The van der Waals surface area contributed by atoms with Gasteiger partial charge in [0.25, 0.3) is 0 Å². The Balaban J connectivity index is 1.92.